The zero-order chi connectivity index (χ0) is 15.0. The summed E-state index contributed by atoms with van der Waals surface area (Å²) in [7, 11) is 0. The largest absolute Gasteiger partial charge is 0.378 e. The van der Waals surface area contributed by atoms with E-state index in [1.54, 1.807) is 4.90 Å². The highest BCUT2D eigenvalue weighted by Gasteiger charge is 2.19. The maximum absolute atomic E-state index is 11.8. The summed E-state index contributed by atoms with van der Waals surface area (Å²) in [6.45, 7) is 3.89. The maximum Gasteiger partial charge on any atom is 0.243 e. The Morgan fingerprint density at radius 3 is 2.50 bits per heavy atom. The zero-order valence-electron chi connectivity index (χ0n) is 11.6. The predicted octanol–water partition coefficient (Wildman–Crippen LogP) is -1.21. The van der Waals surface area contributed by atoms with E-state index < -0.39 is 6.04 Å². The molecule has 7 nitrogen and oxygen atoms in total. The van der Waals surface area contributed by atoms with Crippen LogP contribution in [0.3, 0.4) is 0 Å². The van der Waals surface area contributed by atoms with Crippen LogP contribution in [0.25, 0.3) is 0 Å². The van der Waals surface area contributed by atoms with Crippen molar-refractivity contribution >= 4 is 30.4 Å². The first-order valence-electron chi connectivity index (χ1n) is 6.55. The van der Waals surface area contributed by atoms with E-state index in [0.29, 0.717) is 26.3 Å². The van der Waals surface area contributed by atoms with Gasteiger partial charge in [0.05, 0.1) is 13.2 Å². The van der Waals surface area contributed by atoms with Crippen molar-refractivity contribution in [1.29, 1.82) is 0 Å². The molecule has 0 saturated carbocycles. The molecule has 0 bridgehead atoms. The average Bonchev–Trinajstić information content (AvgIpc) is 2.45. The van der Waals surface area contributed by atoms with Crippen molar-refractivity contribution in [3.63, 3.8) is 0 Å². The molecule has 0 spiro atoms. The molecule has 0 aromatic carbocycles. The van der Waals surface area contributed by atoms with Crippen molar-refractivity contribution in [3.8, 4) is 0 Å². The van der Waals surface area contributed by atoms with Crippen molar-refractivity contribution in [3.05, 3.63) is 0 Å². The molecule has 1 fully saturated rings. The van der Waals surface area contributed by atoms with Crippen LogP contribution >= 0.6 is 12.6 Å². The van der Waals surface area contributed by atoms with Crippen LogP contribution in [0.5, 0.6) is 0 Å². The summed E-state index contributed by atoms with van der Waals surface area (Å²) in [4.78, 5) is 36.2. The van der Waals surface area contributed by atoms with Gasteiger partial charge in [-0.05, 0) is 0 Å². The minimum absolute atomic E-state index is 0.00412. The molecule has 1 aliphatic heterocycles. The number of rotatable bonds is 6. The number of hydrogen-bond donors (Lipinski definition) is 3. The second-order valence-corrected chi connectivity index (χ2v) is 4.84. The fraction of sp³-hybridized carbons (Fsp3) is 0.750. The first-order valence-corrected chi connectivity index (χ1v) is 7.19. The van der Waals surface area contributed by atoms with Crippen LogP contribution in [0.2, 0.25) is 0 Å². The Labute approximate surface area is 123 Å². The molecule has 1 saturated heterocycles. The second-order valence-electron chi connectivity index (χ2n) is 4.47. The summed E-state index contributed by atoms with van der Waals surface area (Å²) >= 11 is 4.01. The van der Waals surface area contributed by atoms with Gasteiger partial charge < -0.3 is 20.3 Å². The highest BCUT2D eigenvalue weighted by molar-refractivity contribution is 7.80. The van der Waals surface area contributed by atoms with Gasteiger partial charge in [-0.15, -0.1) is 0 Å². The number of ether oxygens (including phenoxy) is 1. The smallest absolute Gasteiger partial charge is 0.243 e. The van der Waals surface area contributed by atoms with Gasteiger partial charge in [0.15, 0.2) is 0 Å². The lowest BCUT2D eigenvalue weighted by Crippen LogP contribution is -2.48. The topological polar surface area (TPSA) is 87.7 Å². The molecule has 1 unspecified atom stereocenters. The normalized spacial score (nSPS) is 16.4. The van der Waals surface area contributed by atoms with E-state index in [9.17, 15) is 14.4 Å². The maximum atomic E-state index is 11.8. The molecule has 1 aliphatic rings. The Hall–Kier alpha value is -1.28. The van der Waals surface area contributed by atoms with Gasteiger partial charge in [-0.3, -0.25) is 14.4 Å². The Morgan fingerprint density at radius 2 is 1.95 bits per heavy atom. The van der Waals surface area contributed by atoms with Crippen LogP contribution in [0.4, 0.5) is 0 Å². The lowest BCUT2D eigenvalue weighted by molar-refractivity contribution is -0.135. The van der Waals surface area contributed by atoms with Crippen molar-refractivity contribution < 1.29 is 19.1 Å². The summed E-state index contributed by atoms with van der Waals surface area (Å²) in [5, 5.41) is 5.12. The number of nitrogens with zero attached hydrogens (tertiary/aromatic N) is 1. The Balaban J connectivity index is 2.26. The zero-order valence-corrected chi connectivity index (χ0v) is 12.4. The van der Waals surface area contributed by atoms with Gasteiger partial charge in [0.1, 0.15) is 6.04 Å². The van der Waals surface area contributed by atoms with Crippen LogP contribution in [0, 0.1) is 0 Å². The van der Waals surface area contributed by atoms with Crippen molar-refractivity contribution in [1.82, 2.24) is 15.5 Å². The molecule has 0 aromatic heterocycles. The van der Waals surface area contributed by atoms with E-state index in [1.165, 1.54) is 6.92 Å². The van der Waals surface area contributed by atoms with Gasteiger partial charge >= 0.3 is 0 Å². The van der Waals surface area contributed by atoms with Crippen molar-refractivity contribution in [2.75, 3.05) is 38.6 Å². The number of nitrogens with one attached hydrogen (secondary N) is 2. The van der Waals surface area contributed by atoms with Crippen LogP contribution in [-0.2, 0) is 19.1 Å². The third-order valence-electron chi connectivity index (χ3n) is 2.88. The van der Waals surface area contributed by atoms with Crippen molar-refractivity contribution in [2.24, 2.45) is 0 Å². The van der Waals surface area contributed by atoms with Gasteiger partial charge in [0.2, 0.25) is 17.7 Å². The van der Waals surface area contributed by atoms with Crippen molar-refractivity contribution in [2.45, 2.75) is 19.4 Å². The SMILES string of the molecule is CC(=O)NC(CS)C(=O)NCCC(=O)N1CCOCC1. The van der Waals surface area contributed by atoms with Crippen LogP contribution in [0.15, 0.2) is 0 Å². The Kier molecular flexibility index (Phi) is 7.38. The predicted molar refractivity (Wildman–Crippen MR) is 76.5 cm³/mol. The van der Waals surface area contributed by atoms with E-state index in [2.05, 4.69) is 23.3 Å². The number of thiol groups is 1. The summed E-state index contributed by atoms with van der Waals surface area (Å²) in [5.74, 6) is -0.410. The standard InChI is InChI=1S/C12H21N3O4S/c1-9(16)14-10(8-20)12(18)13-3-2-11(17)15-4-6-19-7-5-15/h10,20H,2-8H2,1H3,(H,13,18)(H,14,16). The number of carbonyl (C=O) groups excluding carboxylic acids is 3. The van der Waals surface area contributed by atoms with Gasteiger partial charge in [-0.1, -0.05) is 0 Å². The molecule has 8 heteroatoms. The highest BCUT2D eigenvalue weighted by Crippen LogP contribution is 1.99. The highest BCUT2D eigenvalue weighted by atomic mass is 32.1. The molecule has 0 aliphatic carbocycles. The minimum atomic E-state index is -0.672. The van der Waals surface area contributed by atoms with Crippen LogP contribution in [-0.4, -0.2) is 67.3 Å². The summed E-state index contributed by atoms with van der Waals surface area (Å²) < 4.78 is 5.16. The summed E-state index contributed by atoms with van der Waals surface area (Å²) in [6.07, 6.45) is 0.241. The van der Waals surface area contributed by atoms with E-state index >= 15 is 0 Å². The number of carbonyl (C=O) groups is 3. The first-order chi connectivity index (χ1) is 9.54. The minimum Gasteiger partial charge on any atom is -0.378 e. The average molecular weight is 303 g/mol. The Morgan fingerprint density at radius 1 is 1.30 bits per heavy atom. The summed E-state index contributed by atoms with van der Waals surface area (Å²) in [6, 6.07) is -0.672. The van der Waals surface area contributed by atoms with E-state index in [-0.39, 0.29) is 36.4 Å². The molecule has 3 amide bonds. The molecule has 1 atom stereocenters. The first kappa shape index (κ1) is 16.8. The van der Waals surface area contributed by atoms with E-state index in [0.717, 1.165) is 0 Å². The second kappa shape index (κ2) is 8.80. The fourth-order valence-electron chi connectivity index (χ4n) is 1.83. The molecular weight excluding hydrogens is 282 g/mol. The van der Waals surface area contributed by atoms with E-state index in [4.69, 9.17) is 4.74 Å². The van der Waals surface area contributed by atoms with Gasteiger partial charge in [0, 0.05) is 38.7 Å². The van der Waals surface area contributed by atoms with Gasteiger partial charge in [-0.25, -0.2) is 0 Å². The molecule has 1 heterocycles. The fourth-order valence-corrected chi connectivity index (χ4v) is 2.08. The summed E-state index contributed by atoms with van der Waals surface area (Å²) in [5.41, 5.74) is 0. The molecule has 2 N–H and O–H groups in total. The van der Waals surface area contributed by atoms with Crippen LogP contribution < -0.4 is 10.6 Å². The Bertz CT molecular complexity index is 359. The number of amides is 3. The van der Waals surface area contributed by atoms with Crippen LogP contribution in [0.1, 0.15) is 13.3 Å². The molecule has 0 aromatic rings. The third kappa shape index (κ3) is 5.79. The monoisotopic (exact) mass is 303 g/mol. The van der Waals surface area contributed by atoms with Gasteiger partial charge in [0.25, 0.3) is 0 Å². The molecule has 114 valence electrons. The number of morpholine rings is 1. The van der Waals surface area contributed by atoms with E-state index in [1.807, 2.05) is 0 Å². The lowest BCUT2D eigenvalue weighted by atomic mass is 10.3. The molecule has 20 heavy (non-hydrogen) atoms. The number of hydrogen-bond acceptors (Lipinski definition) is 5. The molecule has 1 rings (SSSR count). The molecular formula is C12H21N3O4S. The molecule has 0 radical (unpaired) electrons. The third-order valence-corrected chi connectivity index (χ3v) is 3.24. The lowest BCUT2D eigenvalue weighted by Gasteiger charge is -2.27. The quantitative estimate of drug-likeness (QED) is 0.537. The van der Waals surface area contributed by atoms with Gasteiger partial charge in [-0.2, -0.15) is 12.6 Å².